The van der Waals surface area contributed by atoms with Crippen LogP contribution >= 0.6 is 23.2 Å². The molecule has 0 radical (unpaired) electrons. The van der Waals surface area contributed by atoms with Gasteiger partial charge in [0.1, 0.15) is 12.1 Å². The Morgan fingerprint density at radius 3 is 2.39 bits per heavy atom. The molecule has 0 spiro atoms. The van der Waals surface area contributed by atoms with Gasteiger partial charge in [-0.2, -0.15) is 0 Å². The number of hydrazine groups is 1. The highest BCUT2D eigenvalue weighted by Crippen LogP contribution is 2.30. The van der Waals surface area contributed by atoms with Gasteiger partial charge in [0.15, 0.2) is 5.82 Å². The molecule has 1 aliphatic heterocycles. The van der Waals surface area contributed by atoms with E-state index in [2.05, 4.69) is 25.6 Å². The van der Waals surface area contributed by atoms with E-state index in [1.54, 1.807) is 24.3 Å². The second-order valence-electron chi connectivity index (χ2n) is 6.65. The molecule has 3 aromatic rings. The number of nitrogens with zero attached hydrogens (tertiary/aromatic N) is 4. The standard InChI is InChI=1S/C21H20Cl2N6O2/c22-16-7-4-8-17(23)20(16)27-21(30)26-18-13-19(25-14-24-18)29(15-5-2-1-3-6-15)28-9-11-31-12-10-28/h1-8,13-14H,9-12H2,(H2,24,25,26,27,30). The Hall–Kier alpha value is -2.91. The first kappa shape index (κ1) is 21.3. The quantitative estimate of drug-likeness (QED) is 0.570. The first-order valence-electron chi connectivity index (χ1n) is 9.63. The fourth-order valence-electron chi connectivity index (χ4n) is 3.17. The number of urea groups is 1. The number of morpholine rings is 1. The van der Waals surface area contributed by atoms with Gasteiger partial charge in [-0.1, -0.05) is 47.5 Å². The van der Waals surface area contributed by atoms with Crippen molar-refractivity contribution in [3.05, 3.63) is 71.0 Å². The first-order chi connectivity index (χ1) is 15.1. The summed E-state index contributed by atoms with van der Waals surface area (Å²) in [7, 11) is 0. The Kier molecular flexibility index (Phi) is 6.83. The Bertz CT molecular complexity index is 1030. The molecule has 1 saturated heterocycles. The zero-order valence-corrected chi connectivity index (χ0v) is 18.0. The zero-order valence-electron chi connectivity index (χ0n) is 16.5. The van der Waals surface area contributed by atoms with Gasteiger partial charge in [-0.3, -0.25) is 10.3 Å². The van der Waals surface area contributed by atoms with Gasteiger partial charge in [-0.05, 0) is 24.3 Å². The summed E-state index contributed by atoms with van der Waals surface area (Å²) >= 11 is 12.2. The Balaban J connectivity index is 1.56. The molecule has 160 valence electrons. The highest BCUT2D eigenvalue weighted by Gasteiger charge is 2.22. The van der Waals surface area contributed by atoms with Crippen LogP contribution in [-0.4, -0.2) is 47.3 Å². The fourth-order valence-corrected chi connectivity index (χ4v) is 3.66. The van der Waals surface area contributed by atoms with Gasteiger partial charge < -0.3 is 10.1 Å². The minimum atomic E-state index is -0.516. The average molecular weight is 459 g/mol. The molecule has 2 heterocycles. The third-order valence-electron chi connectivity index (χ3n) is 4.58. The highest BCUT2D eigenvalue weighted by molar-refractivity contribution is 6.39. The molecule has 31 heavy (non-hydrogen) atoms. The normalized spacial score (nSPS) is 14.1. The number of nitrogens with one attached hydrogen (secondary N) is 2. The molecule has 0 saturated carbocycles. The maximum atomic E-state index is 12.5. The lowest BCUT2D eigenvalue weighted by Gasteiger charge is -2.37. The SMILES string of the molecule is O=C(Nc1cc(N(c2ccccc2)N2CCOCC2)ncn1)Nc1c(Cl)cccc1Cl. The summed E-state index contributed by atoms with van der Waals surface area (Å²) in [6.07, 6.45) is 1.41. The van der Waals surface area contributed by atoms with Crippen LogP contribution in [0.15, 0.2) is 60.9 Å². The predicted molar refractivity (Wildman–Crippen MR) is 122 cm³/mol. The summed E-state index contributed by atoms with van der Waals surface area (Å²) in [5.74, 6) is 0.953. The van der Waals surface area contributed by atoms with Crippen LogP contribution in [0, 0.1) is 0 Å². The average Bonchev–Trinajstić information content (AvgIpc) is 2.78. The summed E-state index contributed by atoms with van der Waals surface area (Å²) in [6.45, 7) is 2.68. The monoisotopic (exact) mass is 458 g/mol. The van der Waals surface area contributed by atoms with E-state index in [0.717, 1.165) is 5.69 Å². The third kappa shape index (κ3) is 5.23. The van der Waals surface area contributed by atoms with Gasteiger partial charge in [0.2, 0.25) is 0 Å². The van der Waals surface area contributed by atoms with Crippen molar-refractivity contribution >= 4 is 52.2 Å². The molecule has 0 unspecified atom stereocenters. The first-order valence-corrected chi connectivity index (χ1v) is 10.4. The van der Waals surface area contributed by atoms with E-state index in [1.165, 1.54) is 6.33 Å². The van der Waals surface area contributed by atoms with Crippen LogP contribution in [0.25, 0.3) is 0 Å². The summed E-state index contributed by atoms with van der Waals surface area (Å²) in [4.78, 5) is 21.1. The number of halogens is 2. The molecule has 0 atom stereocenters. The molecule has 2 aromatic carbocycles. The Morgan fingerprint density at radius 1 is 0.968 bits per heavy atom. The minimum absolute atomic E-state index is 0.330. The van der Waals surface area contributed by atoms with Crippen molar-refractivity contribution in [1.29, 1.82) is 0 Å². The predicted octanol–water partition coefficient (Wildman–Crippen LogP) is 4.81. The smallest absolute Gasteiger partial charge is 0.324 e. The number of carbonyl (C=O) groups is 1. The Labute approximate surface area is 189 Å². The van der Waals surface area contributed by atoms with Crippen LogP contribution in [0.1, 0.15) is 0 Å². The molecule has 2 amide bonds. The number of carbonyl (C=O) groups excluding carboxylic acids is 1. The van der Waals surface area contributed by atoms with Crippen molar-refractivity contribution < 1.29 is 9.53 Å². The number of aromatic nitrogens is 2. The van der Waals surface area contributed by atoms with Crippen molar-refractivity contribution in [3.63, 3.8) is 0 Å². The lowest BCUT2D eigenvalue weighted by atomic mass is 10.3. The number of anilines is 4. The zero-order chi connectivity index (χ0) is 21.6. The van der Waals surface area contributed by atoms with Crippen LogP contribution in [0.5, 0.6) is 0 Å². The lowest BCUT2D eigenvalue weighted by Crippen LogP contribution is -2.47. The van der Waals surface area contributed by atoms with Crippen LogP contribution in [-0.2, 0) is 4.74 Å². The van der Waals surface area contributed by atoms with Crippen molar-refractivity contribution in [2.75, 3.05) is 41.9 Å². The third-order valence-corrected chi connectivity index (χ3v) is 5.21. The van der Waals surface area contributed by atoms with Gasteiger partial charge in [-0.25, -0.2) is 19.8 Å². The maximum Gasteiger partial charge on any atom is 0.324 e. The topological polar surface area (TPSA) is 82.6 Å². The second-order valence-corrected chi connectivity index (χ2v) is 7.47. The summed E-state index contributed by atoms with van der Waals surface area (Å²) in [5.41, 5.74) is 1.28. The summed E-state index contributed by atoms with van der Waals surface area (Å²) < 4.78 is 5.49. The van der Waals surface area contributed by atoms with Crippen LogP contribution < -0.4 is 15.6 Å². The van der Waals surface area contributed by atoms with Gasteiger partial charge in [0.05, 0.1) is 34.6 Å². The molecule has 1 aromatic heterocycles. The molecule has 4 rings (SSSR count). The number of hydrogen-bond donors (Lipinski definition) is 2. The molecular formula is C21H20Cl2N6O2. The van der Waals surface area contributed by atoms with Gasteiger partial charge >= 0.3 is 6.03 Å². The van der Waals surface area contributed by atoms with E-state index in [0.29, 0.717) is 53.7 Å². The minimum Gasteiger partial charge on any atom is -0.379 e. The summed E-state index contributed by atoms with van der Waals surface area (Å²) in [6, 6.07) is 16.1. The van der Waals surface area contributed by atoms with Crippen molar-refractivity contribution in [2.45, 2.75) is 0 Å². The highest BCUT2D eigenvalue weighted by atomic mass is 35.5. The van der Waals surface area contributed by atoms with Gasteiger partial charge in [-0.15, -0.1) is 0 Å². The molecule has 0 bridgehead atoms. The van der Waals surface area contributed by atoms with Crippen LogP contribution in [0.4, 0.5) is 27.8 Å². The van der Waals surface area contributed by atoms with Crippen molar-refractivity contribution in [2.24, 2.45) is 0 Å². The van der Waals surface area contributed by atoms with E-state index in [1.807, 2.05) is 35.3 Å². The van der Waals surface area contributed by atoms with Gasteiger partial charge in [0.25, 0.3) is 0 Å². The molecule has 2 N–H and O–H groups in total. The number of ether oxygens (including phenoxy) is 1. The van der Waals surface area contributed by atoms with Crippen LogP contribution in [0.2, 0.25) is 10.0 Å². The Morgan fingerprint density at radius 2 is 1.68 bits per heavy atom. The molecule has 8 nitrogen and oxygen atoms in total. The van der Waals surface area contributed by atoms with E-state index < -0.39 is 6.03 Å². The molecule has 1 fully saturated rings. The van der Waals surface area contributed by atoms with Crippen LogP contribution in [0.3, 0.4) is 0 Å². The lowest BCUT2D eigenvalue weighted by molar-refractivity contribution is 0.0375. The number of benzene rings is 2. The largest absolute Gasteiger partial charge is 0.379 e. The van der Waals surface area contributed by atoms with Crippen molar-refractivity contribution in [3.8, 4) is 0 Å². The number of para-hydroxylation sites is 2. The number of rotatable bonds is 5. The molecular weight excluding hydrogens is 439 g/mol. The van der Waals surface area contributed by atoms with E-state index in [4.69, 9.17) is 27.9 Å². The molecule has 1 aliphatic rings. The van der Waals surface area contributed by atoms with Gasteiger partial charge in [0, 0.05) is 19.2 Å². The van der Waals surface area contributed by atoms with E-state index in [9.17, 15) is 4.79 Å². The van der Waals surface area contributed by atoms with E-state index in [-0.39, 0.29) is 0 Å². The maximum absolute atomic E-state index is 12.5. The molecule has 10 heteroatoms. The fraction of sp³-hybridized carbons (Fsp3) is 0.190. The van der Waals surface area contributed by atoms with E-state index >= 15 is 0 Å². The molecule has 0 aliphatic carbocycles. The number of hydrogen-bond acceptors (Lipinski definition) is 6. The second kappa shape index (κ2) is 9.93. The number of amides is 2. The summed E-state index contributed by atoms with van der Waals surface area (Å²) in [5, 5.41) is 10.2. The van der Waals surface area contributed by atoms with Crippen molar-refractivity contribution in [1.82, 2.24) is 15.0 Å².